The molecule has 0 aromatic heterocycles. The van der Waals surface area contributed by atoms with Crippen molar-refractivity contribution >= 4 is 6.03 Å². The molecule has 1 unspecified atom stereocenters. The number of allylic oxidation sites excluding steroid dienone is 1. The molecular weight excluding hydrogens is 140 g/mol. The minimum absolute atomic E-state index is 0.0310. The van der Waals surface area contributed by atoms with Gasteiger partial charge in [-0.2, -0.15) is 0 Å². The Kier molecular flexibility index (Phi) is 1.37. The van der Waals surface area contributed by atoms with Crippen molar-refractivity contribution in [3.8, 4) is 0 Å². The van der Waals surface area contributed by atoms with Gasteiger partial charge in [-0.05, 0) is 19.3 Å². The first kappa shape index (κ1) is 6.70. The van der Waals surface area contributed by atoms with E-state index in [0.717, 1.165) is 19.4 Å². The predicted molar refractivity (Wildman–Crippen MR) is 42.3 cm³/mol. The smallest absolute Gasteiger partial charge is 0.315 e. The molecule has 1 saturated heterocycles. The van der Waals surface area contributed by atoms with E-state index in [-0.39, 0.29) is 11.6 Å². The van der Waals surface area contributed by atoms with Crippen LogP contribution >= 0.6 is 0 Å². The van der Waals surface area contributed by atoms with Crippen LogP contribution in [-0.4, -0.2) is 18.1 Å². The zero-order chi connectivity index (χ0) is 7.73. The van der Waals surface area contributed by atoms with Crippen LogP contribution in [0.25, 0.3) is 0 Å². The number of carbonyl (C=O) groups is 1. The van der Waals surface area contributed by atoms with E-state index in [4.69, 9.17) is 0 Å². The number of hydrogen-bond donors (Lipinski definition) is 2. The summed E-state index contributed by atoms with van der Waals surface area (Å²) < 4.78 is 0. The molecule has 2 rings (SSSR count). The summed E-state index contributed by atoms with van der Waals surface area (Å²) >= 11 is 0. The first-order chi connectivity index (χ1) is 5.31. The highest BCUT2D eigenvalue weighted by Gasteiger charge is 2.35. The highest BCUT2D eigenvalue weighted by Crippen LogP contribution is 2.23. The van der Waals surface area contributed by atoms with Crippen molar-refractivity contribution in [2.24, 2.45) is 0 Å². The Hall–Kier alpha value is -0.990. The highest BCUT2D eigenvalue weighted by atomic mass is 16.2. The van der Waals surface area contributed by atoms with Crippen LogP contribution in [0.15, 0.2) is 12.2 Å². The number of rotatable bonds is 0. The lowest BCUT2D eigenvalue weighted by Gasteiger charge is -2.26. The van der Waals surface area contributed by atoms with Gasteiger partial charge in [0.25, 0.3) is 0 Å². The van der Waals surface area contributed by atoms with Crippen LogP contribution in [0.4, 0.5) is 4.79 Å². The van der Waals surface area contributed by atoms with Crippen LogP contribution in [0.3, 0.4) is 0 Å². The van der Waals surface area contributed by atoms with Gasteiger partial charge in [-0.25, -0.2) is 4.79 Å². The van der Waals surface area contributed by atoms with Gasteiger partial charge in [-0.15, -0.1) is 0 Å². The molecule has 60 valence electrons. The second-order valence-electron chi connectivity index (χ2n) is 3.26. The van der Waals surface area contributed by atoms with Gasteiger partial charge < -0.3 is 10.6 Å². The van der Waals surface area contributed by atoms with Crippen molar-refractivity contribution in [2.45, 2.75) is 24.8 Å². The minimum atomic E-state index is -0.0463. The van der Waals surface area contributed by atoms with Gasteiger partial charge in [-0.1, -0.05) is 12.2 Å². The maximum atomic E-state index is 10.9. The Morgan fingerprint density at radius 2 is 2.45 bits per heavy atom. The number of nitrogens with one attached hydrogen (secondary N) is 2. The van der Waals surface area contributed by atoms with Gasteiger partial charge in [0, 0.05) is 6.54 Å². The largest absolute Gasteiger partial charge is 0.335 e. The van der Waals surface area contributed by atoms with Crippen LogP contribution in [0, 0.1) is 0 Å². The number of hydrogen-bond acceptors (Lipinski definition) is 1. The minimum Gasteiger partial charge on any atom is -0.335 e. The van der Waals surface area contributed by atoms with Crippen molar-refractivity contribution < 1.29 is 4.79 Å². The third kappa shape index (κ3) is 1.11. The van der Waals surface area contributed by atoms with Gasteiger partial charge in [0.15, 0.2) is 0 Å². The van der Waals surface area contributed by atoms with E-state index < -0.39 is 0 Å². The average molecular weight is 152 g/mol. The number of urea groups is 1. The van der Waals surface area contributed by atoms with E-state index in [9.17, 15) is 4.79 Å². The van der Waals surface area contributed by atoms with Crippen molar-refractivity contribution in [1.29, 1.82) is 0 Å². The lowest BCUT2D eigenvalue weighted by atomic mass is 9.89. The molecule has 1 heterocycles. The van der Waals surface area contributed by atoms with E-state index in [1.165, 1.54) is 6.42 Å². The summed E-state index contributed by atoms with van der Waals surface area (Å²) in [5.74, 6) is 0. The van der Waals surface area contributed by atoms with Gasteiger partial charge in [0.2, 0.25) is 0 Å². The maximum Gasteiger partial charge on any atom is 0.315 e. The van der Waals surface area contributed by atoms with Crippen LogP contribution < -0.4 is 10.6 Å². The summed E-state index contributed by atoms with van der Waals surface area (Å²) in [5.41, 5.74) is -0.0463. The molecule has 11 heavy (non-hydrogen) atoms. The Balaban J connectivity index is 2.15. The Labute approximate surface area is 65.9 Å². The topological polar surface area (TPSA) is 41.1 Å². The molecule has 1 aliphatic heterocycles. The van der Waals surface area contributed by atoms with E-state index in [2.05, 4.69) is 22.8 Å². The van der Waals surface area contributed by atoms with E-state index in [0.29, 0.717) is 0 Å². The molecule has 2 aliphatic rings. The third-order valence-electron chi connectivity index (χ3n) is 2.36. The van der Waals surface area contributed by atoms with Crippen LogP contribution in [0.1, 0.15) is 19.3 Å². The second-order valence-corrected chi connectivity index (χ2v) is 3.26. The third-order valence-corrected chi connectivity index (χ3v) is 2.36. The second kappa shape index (κ2) is 2.26. The normalized spacial score (nSPS) is 35.5. The van der Waals surface area contributed by atoms with Gasteiger partial charge >= 0.3 is 6.03 Å². The summed E-state index contributed by atoms with van der Waals surface area (Å²) in [4.78, 5) is 10.9. The molecular formula is C8H12N2O. The summed E-state index contributed by atoms with van der Waals surface area (Å²) in [6.07, 6.45) is 7.67. The van der Waals surface area contributed by atoms with Gasteiger partial charge in [0.05, 0.1) is 5.54 Å². The van der Waals surface area contributed by atoms with Crippen LogP contribution in [0.2, 0.25) is 0 Å². The fourth-order valence-corrected chi connectivity index (χ4v) is 1.73. The molecule has 0 saturated carbocycles. The first-order valence-corrected chi connectivity index (χ1v) is 4.05. The average Bonchev–Trinajstić information content (AvgIpc) is 2.34. The van der Waals surface area contributed by atoms with Crippen molar-refractivity contribution in [2.75, 3.05) is 6.54 Å². The van der Waals surface area contributed by atoms with Gasteiger partial charge in [-0.3, -0.25) is 0 Å². The molecule has 3 nitrogen and oxygen atoms in total. The Morgan fingerprint density at radius 3 is 3.00 bits per heavy atom. The molecule has 3 heteroatoms. The van der Waals surface area contributed by atoms with E-state index in [1.807, 2.05) is 0 Å². The first-order valence-electron chi connectivity index (χ1n) is 4.05. The quantitative estimate of drug-likeness (QED) is 0.495. The summed E-state index contributed by atoms with van der Waals surface area (Å²) in [6.45, 7) is 0.752. The lowest BCUT2D eigenvalue weighted by Crippen LogP contribution is -2.42. The zero-order valence-electron chi connectivity index (χ0n) is 6.39. The fourth-order valence-electron chi connectivity index (χ4n) is 1.73. The van der Waals surface area contributed by atoms with Gasteiger partial charge in [0.1, 0.15) is 0 Å². The molecule has 2 amide bonds. The molecule has 0 aromatic carbocycles. The number of carbonyl (C=O) groups excluding carboxylic acids is 1. The predicted octanol–water partition coefficient (Wildman–Crippen LogP) is 0.778. The molecule has 1 spiro atoms. The van der Waals surface area contributed by atoms with E-state index >= 15 is 0 Å². The monoisotopic (exact) mass is 152 g/mol. The molecule has 2 N–H and O–H groups in total. The highest BCUT2D eigenvalue weighted by molar-refractivity contribution is 5.78. The maximum absolute atomic E-state index is 10.9. The molecule has 1 atom stereocenters. The van der Waals surface area contributed by atoms with Crippen LogP contribution in [-0.2, 0) is 0 Å². The fraction of sp³-hybridized carbons (Fsp3) is 0.625. The molecule has 1 fully saturated rings. The molecule has 0 radical (unpaired) electrons. The van der Waals surface area contributed by atoms with E-state index in [1.54, 1.807) is 0 Å². The molecule has 1 aliphatic carbocycles. The van der Waals surface area contributed by atoms with Crippen molar-refractivity contribution in [1.82, 2.24) is 10.6 Å². The lowest BCUT2D eigenvalue weighted by molar-refractivity contribution is 0.245. The van der Waals surface area contributed by atoms with Crippen molar-refractivity contribution in [3.05, 3.63) is 12.2 Å². The Bertz CT molecular complexity index is 212. The number of amides is 2. The van der Waals surface area contributed by atoms with Crippen molar-refractivity contribution in [3.63, 3.8) is 0 Å². The molecule has 0 bridgehead atoms. The zero-order valence-corrected chi connectivity index (χ0v) is 6.39. The SMILES string of the molecule is O=C1NCC2(C=CCCC2)N1. The molecule has 0 aromatic rings. The standard InChI is InChI=1S/C8H12N2O/c11-7-9-6-8(10-7)4-2-1-3-5-8/h2,4H,1,3,5-6H2,(H2,9,10,11). The van der Waals surface area contributed by atoms with Crippen LogP contribution in [0.5, 0.6) is 0 Å². The summed E-state index contributed by atoms with van der Waals surface area (Å²) in [6, 6.07) is -0.0310. The summed E-state index contributed by atoms with van der Waals surface area (Å²) in [7, 11) is 0. The Morgan fingerprint density at radius 1 is 1.55 bits per heavy atom. The summed E-state index contributed by atoms with van der Waals surface area (Å²) in [5, 5.41) is 5.71.